The number of ether oxygens (including phenoxy) is 1. The minimum Gasteiger partial charge on any atom is -0.493 e. The van der Waals surface area contributed by atoms with E-state index in [1.807, 2.05) is 0 Å². The Morgan fingerprint density at radius 2 is 1.75 bits per heavy atom. The molecule has 0 aliphatic rings. The number of carbonyl (C=O) groups is 1. The molecular formula is C17H15ClO5S. The fraction of sp³-hybridized carbons (Fsp3) is 0.118. The van der Waals surface area contributed by atoms with Gasteiger partial charge in [-0.2, -0.15) is 8.42 Å². The van der Waals surface area contributed by atoms with E-state index in [9.17, 15) is 13.2 Å². The number of hydrogen-bond donors (Lipinski definition) is 0. The van der Waals surface area contributed by atoms with Crippen LogP contribution in [0.5, 0.6) is 11.5 Å². The van der Waals surface area contributed by atoms with Gasteiger partial charge in [-0.15, -0.1) is 0 Å². The van der Waals surface area contributed by atoms with Gasteiger partial charge in [-0.3, -0.25) is 4.79 Å². The molecule has 0 spiro atoms. The standard InChI is InChI=1S/C17H15ClO5S/c1-12(19)3-4-13-5-10-16(17(11-13)22-2)23-24(20,21)15-8-6-14(18)7-9-15/h3-11H,1-2H3/b4-3+. The first kappa shape index (κ1) is 18.0. The fourth-order valence-electron chi connectivity index (χ4n) is 1.84. The van der Waals surface area contributed by atoms with E-state index in [1.165, 1.54) is 50.4 Å². The van der Waals surface area contributed by atoms with Crippen molar-refractivity contribution < 1.29 is 22.1 Å². The summed E-state index contributed by atoms with van der Waals surface area (Å²) in [7, 11) is -2.61. The van der Waals surface area contributed by atoms with Crippen LogP contribution < -0.4 is 8.92 Å². The van der Waals surface area contributed by atoms with Gasteiger partial charge in [-0.1, -0.05) is 23.7 Å². The van der Waals surface area contributed by atoms with Gasteiger partial charge in [-0.05, 0) is 55.0 Å². The van der Waals surface area contributed by atoms with E-state index in [1.54, 1.807) is 18.2 Å². The highest BCUT2D eigenvalue weighted by Gasteiger charge is 2.19. The summed E-state index contributed by atoms with van der Waals surface area (Å²) >= 11 is 5.75. The maximum Gasteiger partial charge on any atom is 0.339 e. The maximum absolute atomic E-state index is 12.3. The molecular weight excluding hydrogens is 352 g/mol. The fourth-order valence-corrected chi connectivity index (χ4v) is 2.90. The van der Waals surface area contributed by atoms with Crippen molar-refractivity contribution in [3.8, 4) is 11.5 Å². The largest absolute Gasteiger partial charge is 0.493 e. The number of hydrogen-bond acceptors (Lipinski definition) is 5. The third-order valence-electron chi connectivity index (χ3n) is 3.00. The lowest BCUT2D eigenvalue weighted by atomic mass is 10.2. The Morgan fingerprint density at radius 3 is 2.33 bits per heavy atom. The van der Waals surface area contributed by atoms with Crippen LogP contribution in [0.2, 0.25) is 5.02 Å². The molecule has 0 aromatic heterocycles. The highest BCUT2D eigenvalue weighted by Crippen LogP contribution is 2.31. The van der Waals surface area contributed by atoms with Crippen molar-refractivity contribution in [2.45, 2.75) is 11.8 Å². The molecule has 0 aliphatic carbocycles. The molecule has 0 N–H and O–H groups in total. The van der Waals surface area contributed by atoms with Gasteiger partial charge in [0.05, 0.1) is 7.11 Å². The summed E-state index contributed by atoms with van der Waals surface area (Å²) in [6.07, 6.45) is 3.00. The van der Waals surface area contributed by atoms with Crippen LogP contribution in [0, 0.1) is 0 Å². The molecule has 2 aromatic carbocycles. The van der Waals surface area contributed by atoms with Gasteiger partial charge in [0, 0.05) is 5.02 Å². The lowest BCUT2D eigenvalue weighted by molar-refractivity contribution is -0.112. The van der Waals surface area contributed by atoms with Crippen LogP contribution in [0.3, 0.4) is 0 Å². The average molecular weight is 367 g/mol. The van der Waals surface area contributed by atoms with Crippen LogP contribution in [0.15, 0.2) is 53.4 Å². The van der Waals surface area contributed by atoms with E-state index in [4.69, 9.17) is 20.5 Å². The number of rotatable bonds is 6. The number of benzene rings is 2. The monoisotopic (exact) mass is 366 g/mol. The second-order valence-corrected chi connectivity index (χ2v) is 6.83. The van der Waals surface area contributed by atoms with E-state index < -0.39 is 10.1 Å². The van der Waals surface area contributed by atoms with E-state index >= 15 is 0 Å². The molecule has 0 radical (unpaired) electrons. The molecule has 0 saturated heterocycles. The summed E-state index contributed by atoms with van der Waals surface area (Å²) in [4.78, 5) is 11.0. The van der Waals surface area contributed by atoms with Crippen LogP contribution in [0.25, 0.3) is 6.08 Å². The SMILES string of the molecule is COc1cc(/C=C/C(C)=O)ccc1OS(=O)(=O)c1ccc(Cl)cc1. The predicted octanol–water partition coefficient (Wildman–Crippen LogP) is 3.72. The van der Waals surface area contributed by atoms with Gasteiger partial charge in [0.25, 0.3) is 0 Å². The third-order valence-corrected chi connectivity index (χ3v) is 4.50. The third kappa shape index (κ3) is 4.59. The number of halogens is 1. The van der Waals surface area contributed by atoms with E-state index in [0.717, 1.165) is 0 Å². The van der Waals surface area contributed by atoms with Gasteiger partial charge in [0.2, 0.25) is 0 Å². The lowest BCUT2D eigenvalue weighted by Gasteiger charge is -2.11. The molecule has 2 aromatic rings. The van der Waals surface area contributed by atoms with Crippen LogP contribution in [-0.2, 0) is 14.9 Å². The first-order chi connectivity index (χ1) is 11.3. The van der Waals surface area contributed by atoms with Gasteiger partial charge in [0.15, 0.2) is 17.3 Å². The molecule has 0 bridgehead atoms. The zero-order valence-corrected chi connectivity index (χ0v) is 14.6. The Hall–Kier alpha value is -2.31. The number of methoxy groups -OCH3 is 1. The van der Waals surface area contributed by atoms with Crippen molar-refractivity contribution in [3.05, 3.63) is 59.1 Å². The zero-order chi connectivity index (χ0) is 17.7. The molecule has 0 heterocycles. The van der Waals surface area contributed by atoms with Crippen LogP contribution in [-0.4, -0.2) is 21.3 Å². The summed E-state index contributed by atoms with van der Waals surface area (Å²) in [5.41, 5.74) is 0.679. The van der Waals surface area contributed by atoms with Crippen molar-refractivity contribution in [2.75, 3.05) is 7.11 Å². The number of ketones is 1. The van der Waals surface area contributed by atoms with Crippen molar-refractivity contribution in [1.82, 2.24) is 0 Å². The second-order valence-electron chi connectivity index (χ2n) is 4.85. The zero-order valence-electron chi connectivity index (χ0n) is 13.0. The first-order valence-corrected chi connectivity index (χ1v) is 8.67. The minimum absolute atomic E-state index is 0.0190. The Balaban J connectivity index is 2.31. The van der Waals surface area contributed by atoms with Crippen LogP contribution in [0.4, 0.5) is 0 Å². The summed E-state index contributed by atoms with van der Waals surface area (Å²) < 4.78 is 34.9. The highest BCUT2D eigenvalue weighted by atomic mass is 35.5. The summed E-state index contributed by atoms with van der Waals surface area (Å²) in [6, 6.07) is 10.3. The molecule has 0 amide bonds. The minimum atomic E-state index is -4.01. The number of allylic oxidation sites excluding steroid dienone is 1. The Kier molecular flexibility index (Phi) is 5.64. The smallest absolute Gasteiger partial charge is 0.339 e. The summed E-state index contributed by atoms with van der Waals surface area (Å²) in [5, 5.41) is 0.424. The Morgan fingerprint density at radius 1 is 1.08 bits per heavy atom. The molecule has 0 atom stereocenters. The molecule has 2 rings (SSSR count). The van der Waals surface area contributed by atoms with Crippen LogP contribution in [0.1, 0.15) is 12.5 Å². The van der Waals surface area contributed by atoms with Crippen LogP contribution >= 0.6 is 11.6 Å². The number of carbonyl (C=O) groups excluding carboxylic acids is 1. The topological polar surface area (TPSA) is 69.7 Å². The van der Waals surface area contributed by atoms with Gasteiger partial charge in [-0.25, -0.2) is 0 Å². The molecule has 0 unspecified atom stereocenters. The van der Waals surface area contributed by atoms with Crippen molar-refractivity contribution in [2.24, 2.45) is 0 Å². The van der Waals surface area contributed by atoms with E-state index in [-0.39, 0.29) is 22.2 Å². The van der Waals surface area contributed by atoms with E-state index in [0.29, 0.717) is 10.6 Å². The molecule has 0 aliphatic heterocycles. The maximum atomic E-state index is 12.3. The summed E-state index contributed by atoms with van der Waals surface area (Å²) in [5.74, 6) is 0.185. The Bertz CT molecular complexity index is 870. The molecule has 24 heavy (non-hydrogen) atoms. The second kappa shape index (κ2) is 7.51. The molecule has 7 heteroatoms. The van der Waals surface area contributed by atoms with Gasteiger partial charge >= 0.3 is 10.1 Å². The molecule has 126 valence electrons. The normalized spacial score (nSPS) is 11.5. The molecule has 0 fully saturated rings. The first-order valence-electron chi connectivity index (χ1n) is 6.88. The predicted molar refractivity (Wildman–Crippen MR) is 92.0 cm³/mol. The highest BCUT2D eigenvalue weighted by molar-refractivity contribution is 7.87. The van der Waals surface area contributed by atoms with Crippen molar-refractivity contribution >= 4 is 33.6 Å². The lowest BCUT2D eigenvalue weighted by Crippen LogP contribution is -2.10. The Labute approximate surface area is 145 Å². The summed E-state index contributed by atoms with van der Waals surface area (Å²) in [6.45, 7) is 1.43. The quantitative estimate of drug-likeness (QED) is 0.575. The van der Waals surface area contributed by atoms with Gasteiger partial charge < -0.3 is 8.92 Å². The van der Waals surface area contributed by atoms with Gasteiger partial charge in [0.1, 0.15) is 4.90 Å². The van der Waals surface area contributed by atoms with Crippen molar-refractivity contribution in [1.29, 1.82) is 0 Å². The molecule has 0 saturated carbocycles. The van der Waals surface area contributed by atoms with E-state index in [2.05, 4.69) is 0 Å². The average Bonchev–Trinajstić information content (AvgIpc) is 2.54. The molecule has 5 nitrogen and oxygen atoms in total. The van der Waals surface area contributed by atoms with Crippen molar-refractivity contribution in [3.63, 3.8) is 0 Å².